The van der Waals surface area contributed by atoms with Gasteiger partial charge in [0.2, 0.25) is 11.8 Å². The first-order valence-corrected chi connectivity index (χ1v) is 12.9. The van der Waals surface area contributed by atoms with Crippen LogP contribution in [0.5, 0.6) is 5.88 Å². The molecule has 0 radical (unpaired) electrons. The summed E-state index contributed by atoms with van der Waals surface area (Å²) in [5, 5.41) is 2.88. The van der Waals surface area contributed by atoms with Crippen LogP contribution in [0.15, 0.2) is 47.5 Å². The average molecular weight is 507 g/mol. The largest absolute Gasteiger partial charge is 0.481 e. The van der Waals surface area contributed by atoms with Gasteiger partial charge in [-0.1, -0.05) is 0 Å². The summed E-state index contributed by atoms with van der Waals surface area (Å²) >= 11 is 1.50. The Hall–Kier alpha value is -3.57. The Bertz CT molecular complexity index is 1330. The van der Waals surface area contributed by atoms with Gasteiger partial charge < -0.3 is 19.7 Å². The number of piperazine rings is 1. The van der Waals surface area contributed by atoms with Gasteiger partial charge in [0.15, 0.2) is 0 Å². The zero-order chi connectivity index (χ0) is 24.6. The number of carbonyl (C=O) groups excluding carboxylic acids is 2. The maximum absolute atomic E-state index is 12.6. The fourth-order valence-electron chi connectivity index (χ4n) is 4.89. The summed E-state index contributed by atoms with van der Waals surface area (Å²) in [7, 11) is 1.61. The molecule has 0 spiro atoms. The topological polar surface area (TPSA) is 100 Å². The maximum atomic E-state index is 12.6. The molecule has 2 amide bonds. The summed E-state index contributed by atoms with van der Waals surface area (Å²) in [5.41, 5.74) is 4.22. The van der Waals surface area contributed by atoms with E-state index >= 15 is 0 Å². The van der Waals surface area contributed by atoms with E-state index in [2.05, 4.69) is 25.1 Å². The van der Waals surface area contributed by atoms with Gasteiger partial charge in [0.05, 0.1) is 36.3 Å². The predicted octanol–water partition coefficient (Wildman–Crippen LogP) is 2.83. The third-order valence-corrected chi connectivity index (χ3v) is 7.78. The van der Waals surface area contributed by atoms with E-state index < -0.39 is 0 Å². The van der Waals surface area contributed by atoms with Gasteiger partial charge in [-0.05, 0) is 30.3 Å². The van der Waals surface area contributed by atoms with Crippen LogP contribution in [-0.2, 0) is 9.53 Å². The predicted molar refractivity (Wildman–Crippen MR) is 138 cm³/mol. The third-order valence-electron chi connectivity index (χ3n) is 6.70. The Balaban J connectivity index is 1.08. The van der Waals surface area contributed by atoms with Crippen LogP contribution in [0.1, 0.15) is 0 Å². The molecule has 36 heavy (non-hydrogen) atoms. The molecule has 3 aliphatic rings. The van der Waals surface area contributed by atoms with Crippen molar-refractivity contribution >= 4 is 51.9 Å². The number of ether oxygens (including phenoxy) is 2. The first-order valence-electron chi connectivity index (χ1n) is 11.9. The van der Waals surface area contributed by atoms with Crippen molar-refractivity contribution in [2.75, 3.05) is 67.2 Å². The van der Waals surface area contributed by atoms with Crippen molar-refractivity contribution < 1.29 is 19.1 Å². The Morgan fingerprint density at radius 2 is 2.00 bits per heavy atom. The van der Waals surface area contributed by atoms with E-state index in [4.69, 9.17) is 9.47 Å². The summed E-state index contributed by atoms with van der Waals surface area (Å²) in [5.74, 6) is 0.957. The molecule has 0 aliphatic carbocycles. The molecule has 3 aromatic rings. The highest BCUT2D eigenvalue weighted by molar-refractivity contribution is 8.00. The lowest BCUT2D eigenvalue weighted by Crippen LogP contribution is -2.49. The molecule has 0 bridgehead atoms. The van der Waals surface area contributed by atoms with Gasteiger partial charge in [0, 0.05) is 55.6 Å². The van der Waals surface area contributed by atoms with Crippen LogP contribution in [0.25, 0.3) is 11.0 Å². The number of hydrogen-bond donors (Lipinski definition) is 1. The number of fused-ring (bicyclic) bond motifs is 2. The van der Waals surface area contributed by atoms with Crippen LogP contribution in [-0.4, -0.2) is 85.1 Å². The van der Waals surface area contributed by atoms with Gasteiger partial charge in [-0.25, -0.2) is 9.78 Å². The smallest absolute Gasteiger partial charge is 0.414 e. The van der Waals surface area contributed by atoms with Crippen molar-refractivity contribution in [1.82, 2.24) is 14.9 Å². The van der Waals surface area contributed by atoms with Crippen molar-refractivity contribution in [2.24, 2.45) is 0 Å². The Kier molecular flexibility index (Phi) is 6.02. The van der Waals surface area contributed by atoms with Gasteiger partial charge in [0.1, 0.15) is 11.6 Å². The minimum atomic E-state index is -0.350. The first kappa shape index (κ1) is 22.9. The number of anilines is 3. The van der Waals surface area contributed by atoms with Crippen LogP contribution < -0.4 is 19.9 Å². The lowest BCUT2D eigenvalue weighted by Gasteiger charge is -2.36. The van der Waals surface area contributed by atoms with Crippen LogP contribution in [0.4, 0.5) is 21.9 Å². The van der Waals surface area contributed by atoms with E-state index in [1.807, 2.05) is 42.6 Å². The summed E-state index contributed by atoms with van der Waals surface area (Å²) in [6.07, 6.45) is 1.25. The number of hydrogen-bond acceptors (Lipinski definition) is 9. The van der Waals surface area contributed by atoms with Crippen molar-refractivity contribution in [3.63, 3.8) is 0 Å². The van der Waals surface area contributed by atoms with Crippen LogP contribution in [0, 0.1) is 0 Å². The zero-order valence-corrected chi connectivity index (χ0v) is 20.7. The molecule has 3 aliphatic heterocycles. The fourth-order valence-corrected chi connectivity index (χ4v) is 5.68. The quantitative estimate of drug-likeness (QED) is 0.560. The van der Waals surface area contributed by atoms with E-state index in [0.29, 0.717) is 24.7 Å². The second-order valence-corrected chi connectivity index (χ2v) is 9.99. The SMILES string of the molecule is COc1ccc2nccc(N3CCN(C[C@H]4CN(c5ccc6c(c5)NC(=O)CS6)C(=O)O4)CC3)c2n1. The second-order valence-electron chi connectivity index (χ2n) is 8.97. The highest BCUT2D eigenvalue weighted by Crippen LogP contribution is 2.35. The molecule has 0 saturated carbocycles. The fraction of sp³-hybridized carbons (Fsp3) is 0.360. The summed E-state index contributed by atoms with van der Waals surface area (Å²) < 4.78 is 11.0. The summed E-state index contributed by atoms with van der Waals surface area (Å²) in [6.45, 7) is 4.54. The third kappa shape index (κ3) is 4.40. The molecule has 10 nitrogen and oxygen atoms in total. The number of amides is 2. The molecule has 1 aromatic carbocycles. The van der Waals surface area contributed by atoms with Crippen LogP contribution >= 0.6 is 11.8 Å². The molecule has 11 heteroatoms. The number of carbonyl (C=O) groups is 2. The van der Waals surface area contributed by atoms with E-state index in [1.54, 1.807) is 12.0 Å². The number of cyclic esters (lactones) is 1. The Morgan fingerprint density at radius 1 is 1.14 bits per heavy atom. The number of nitrogens with zero attached hydrogens (tertiary/aromatic N) is 5. The summed E-state index contributed by atoms with van der Waals surface area (Å²) in [6, 6.07) is 11.5. The molecule has 2 aromatic heterocycles. The number of pyridine rings is 2. The lowest BCUT2D eigenvalue weighted by atomic mass is 10.2. The highest BCUT2D eigenvalue weighted by atomic mass is 32.2. The number of rotatable bonds is 5. The van der Waals surface area contributed by atoms with Gasteiger partial charge >= 0.3 is 6.09 Å². The first-order chi connectivity index (χ1) is 17.6. The highest BCUT2D eigenvalue weighted by Gasteiger charge is 2.35. The zero-order valence-electron chi connectivity index (χ0n) is 19.8. The maximum Gasteiger partial charge on any atom is 0.414 e. The molecule has 6 rings (SSSR count). The molecule has 5 heterocycles. The van der Waals surface area contributed by atoms with Gasteiger partial charge in [-0.3, -0.25) is 19.6 Å². The average Bonchev–Trinajstić information content (AvgIpc) is 3.27. The molecule has 2 fully saturated rings. The van der Waals surface area contributed by atoms with Crippen LogP contribution in [0.3, 0.4) is 0 Å². The second kappa shape index (κ2) is 9.47. The molecule has 1 atom stereocenters. The molecular weight excluding hydrogens is 480 g/mol. The monoisotopic (exact) mass is 506 g/mol. The normalized spacial score (nSPS) is 20.3. The molecular formula is C25H26N6O4S. The standard InChI is InChI=1S/C25H26N6O4S/c1-34-23-5-3-18-24(28-23)20(6-7-26-18)30-10-8-29(9-11-30)13-17-14-31(25(33)35-17)16-2-4-21-19(12-16)27-22(32)15-36-21/h2-7,12,17H,8-11,13-15H2,1H3,(H,27,32)/t17-/m0/s1. The van der Waals surface area contributed by atoms with Gasteiger partial charge in [0.25, 0.3) is 0 Å². The number of nitrogens with one attached hydrogen (secondary N) is 1. The van der Waals surface area contributed by atoms with E-state index in [-0.39, 0.29) is 18.1 Å². The number of thioether (sulfide) groups is 1. The Labute approximate surface area is 212 Å². The van der Waals surface area contributed by atoms with Crippen molar-refractivity contribution in [3.8, 4) is 5.88 Å². The van der Waals surface area contributed by atoms with Crippen molar-refractivity contribution in [1.29, 1.82) is 0 Å². The Morgan fingerprint density at radius 3 is 2.83 bits per heavy atom. The number of benzene rings is 1. The van der Waals surface area contributed by atoms with Crippen molar-refractivity contribution in [3.05, 3.63) is 42.6 Å². The minimum Gasteiger partial charge on any atom is -0.481 e. The molecule has 0 unspecified atom stereocenters. The number of aromatic nitrogens is 2. The van der Waals surface area contributed by atoms with E-state index in [0.717, 1.165) is 59.2 Å². The van der Waals surface area contributed by atoms with E-state index in [1.165, 1.54) is 11.8 Å². The van der Waals surface area contributed by atoms with Gasteiger partial charge in [-0.2, -0.15) is 0 Å². The minimum absolute atomic E-state index is 0.0275. The number of methoxy groups -OCH3 is 1. The molecule has 2 saturated heterocycles. The van der Waals surface area contributed by atoms with E-state index in [9.17, 15) is 9.59 Å². The lowest BCUT2D eigenvalue weighted by molar-refractivity contribution is -0.113. The van der Waals surface area contributed by atoms with Crippen LogP contribution in [0.2, 0.25) is 0 Å². The van der Waals surface area contributed by atoms with Gasteiger partial charge in [-0.15, -0.1) is 11.8 Å². The molecule has 1 N–H and O–H groups in total. The molecule has 186 valence electrons. The summed E-state index contributed by atoms with van der Waals surface area (Å²) in [4.78, 5) is 40.7. The van der Waals surface area contributed by atoms with Crippen molar-refractivity contribution in [2.45, 2.75) is 11.0 Å².